The molecule has 0 spiro atoms. The number of carbonyl (C=O) groups is 1. The van der Waals surface area contributed by atoms with Crippen molar-refractivity contribution >= 4 is 17.2 Å². The van der Waals surface area contributed by atoms with Crippen molar-refractivity contribution in [2.45, 2.75) is 45.1 Å². The summed E-state index contributed by atoms with van der Waals surface area (Å²) in [5.41, 5.74) is 3.43. The summed E-state index contributed by atoms with van der Waals surface area (Å²) in [7, 11) is 0. The zero-order valence-corrected chi connectivity index (χ0v) is 14.2. The molecule has 0 bridgehead atoms. The van der Waals surface area contributed by atoms with Crippen LogP contribution in [0.25, 0.3) is 0 Å². The Hall–Kier alpha value is -1.65. The summed E-state index contributed by atoms with van der Waals surface area (Å²) in [5, 5.41) is 2.05. The molecule has 0 aliphatic heterocycles. The molecule has 0 aliphatic rings. The third-order valence-electron chi connectivity index (χ3n) is 3.17. The Morgan fingerprint density at radius 1 is 1.18 bits per heavy atom. The van der Waals surface area contributed by atoms with E-state index in [4.69, 9.17) is 4.84 Å². The Morgan fingerprint density at radius 3 is 2.50 bits per heavy atom. The minimum absolute atomic E-state index is 0.0794. The van der Waals surface area contributed by atoms with Gasteiger partial charge in [0.2, 0.25) is 5.91 Å². The summed E-state index contributed by atoms with van der Waals surface area (Å²) in [6.07, 6.45) is 1.27. The van der Waals surface area contributed by atoms with Gasteiger partial charge >= 0.3 is 0 Å². The smallest absolute Gasteiger partial charge is 0.244 e. The topological polar surface area (TPSA) is 38.3 Å². The predicted molar refractivity (Wildman–Crippen MR) is 90.8 cm³/mol. The highest BCUT2D eigenvalue weighted by Crippen LogP contribution is 2.28. The summed E-state index contributed by atoms with van der Waals surface area (Å²) in [5.74, 6) is 0.0928. The monoisotopic (exact) mass is 317 g/mol. The van der Waals surface area contributed by atoms with Gasteiger partial charge < -0.3 is 0 Å². The lowest BCUT2D eigenvalue weighted by atomic mass is 9.94. The van der Waals surface area contributed by atoms with E-state index in [1.807, 2.05) is 45.0 Å². The van der Waals surface area contributed by atoms with Crippen molar-refractivity contribution in [3.8, 4) is 0 Å². The minimum Gasteiger partial charge on any atom is -0.273 e. The van der Waals surface area contributed by atoms with Crippen LogP contribution in [0.3, 0.4) is 0 Å². The van der Waals surface area contributed by atoms with Gasteiger partial charge in [-0.25, -0.2) is 5.48 Å². The first-order chi connectivity index (χ1) is 10.4. The molecule has 1 aromatic heterocycles. The van der Waals surface area contributed by atoms with E-state index in [1.165, 1.54) is 10.4 Å². The van der Waals surface area contributed by atoms with Gasteiger partial charge in [-0.1, -0.05) is 36.4 Å². The van der Waals surface area contributed by atoms with Crippen LogP contribution in [0.5, 0.6) is 0 Å². The molecular formula is C18H23NO2S. The first-order valence-corrected chi connectivity index (χ1v) is 8.36. The molecule has 1 amide bonds. The molecular weight excluding hydrogens is 294 g/mol. The number of hydrogen-bond donors (Lipinski definition) is 1. The van der Waals surface area contributed by atoms with E-state index in [2.05, 4.69) is 29.1 Å². The van der Waals surface area contributed by atoms with Crippen LogP contribution in [0.2, 0.25) is 0 Å². The zero-order valence-electron chi connectivity index (χ0n) is 13.3. The Bertz CT molecular complexity index is 573. The Morgan fingerprint density at radius 2 is 1.91 bits per heavy atom. The van der Waals surface area contributed by atoms with E-state index in [0.29, 0.717) is 6.42 Å². The Balaban J connectivity index is 2.01. The maximum absolute atomic E-state index is 12.2. The molecule has 1 heterocycles. The minimum atomic E-state index is -0.381. The highest BCUT2D eigenvalue weighted by atomic mass is 32.1. The van der Waals surface area contributed by atoms with Gasteiger partial charge in [-0.15, -0.1) is 11.3 Å². The second kappa shape index (κ2) is 7.56. The maximum Gasteiger partial charge on any atom is 0.244 e. The average molecular weight is 317 g/mol. The maximum atomic E-state index is 12.2. The Labute approximate surface area is 136 Å². The molecule has 1 unspecified atom stereocenters. The summed E-state index contributed by atoms with van der Waals surface area (Å²) in [6.45, 7) is 5.73. The van der Waals surface area contributed by atoms with E-state index in [9.17, 15) is 4.79 Å². The van der Waals surface area contributed by atoms with Gasteiger partial charge in [0.25, 0.3) is 0 Å². The summed E-state index contributed by atoms with van der Waals surface area (Å²) in [6, 6.07) is 14.4. The predicted octanol–water partition coefficient (Wildman–Crippen LogP) is 4.31. The van der Waals surface area contributed by atoms with E-state index < -0.39 is 0 Å². The SMILES string of the molecule is CC(C)(C)ONC(=O)CC(Cc1ccccc1)c1cccs1. The van der Waals surface area contributed by atoms with E-state index >= 15 is 0 Å². The first-order valence-electron chi connectivity index (χ1n) is 7.48. The van der Waals surface area contributed by atoms with Gasteiger partial charge in [-0.3, -0.25) is 9.63 Å². The number of nitrogens with one attached hydrogen (secondary N) is 1. The van der Waals surface area contributed by atoms with Crippen LogP contribution in [0.15, 0.2) is 47.8 Å². The summed E-state index contributed by atoms with van der Waals surface area (Å²) >= 11 is 1.70. The fourth-order valence-electron chi connectivity index (χ4n) is 2.17. The molecule has 0 saturated heterocycles. The summed E-state index contributed by atoms with van der Waals surface area (Å²) < 4.78 is 0. The molecule has 2 aromatic rings. The van der Waals surface area contributed by atoms with Crippen LogP contribution in [-0.4, -0.2) is 11.5 Å². The van der Waals surface area contributed by atoms with Gasteiger partial charge in [-0.05, 0) is 44.2 Å². The van der Waals surface area contributed by atoms with Crippen molar-refractivity contribution in [2.75, 3.05) is 0 Å². The molecule has 1 aromatic carbocycles. The first kappa shape index (κ1) is 16.7. The molecule has 1 atom stereocenters. The third-order valence-corrected chi connectivity index (χ3v) is 4.21. The Kier molecular flexibility index (Phi) is 5.75. The van der Waals surface area contributed by atoms with Crippen LogP contribution in [-0.2, 0) is 16.1 Å². The van der Waals surface area contributed by atoms with Crippen LogP contribution in [0.1, 0.15) is 43.6 Å². The second-order valence-electron chi connectivity index (χ2n) is 6.35. The molecule has 0 saturated carbocycles. The lowest BCUT2D eigenvalue weighted by molar-refractivity contribution is -0.145. The van der Waals surface area contributed by atoms with Crippen molar-refractivity contribution in [1.82, 2.24) is 5.48 Å². The van der Waals surface area contributed by atoms with Gasteiger partial charge in [-0.2, -0.15) is 0 Å². The molecule has 0 aliphatic carbocycles. The number of carbonyl (C=O) groups excluding carboxylic acids is 1. The molecule has 4 heteroatoms. The van der Waals surface area contributed by atoms with Crippen LogP contribution < -0.4 is 5.48 Å². The lowest BCUT2D eigenvalue weighted by Gasteiger charge is -2.21. The van der Waals surface area contributed by atoms with Crippen molar-refractivity contribution in [2.24, 2.45) is 0 Å². The molecule has 2 rings (SSSR count). The normalized spacial score (nSPS) is 12.9. The van der Waals surface area contributed by atoms with E-state index in [1.54, 1.807) is 11.3 Å². The van der Waals surface area contributed by atoms with Gasteiger partial charge in [0, 0.05) is 17.2 Å². The number of thiophene rings is 1. The number of rotatable bonds is 6. The highest BCUT2D eigenvalue weighted by molar-refractivity contribution is 7.10. The number of hydrogen-bond acceptors (Lipinski definition) is 3. The van der Waals surface area contributed by atoms with Crippen molar-refractivity contribution in [3.63, 3.8) is 0 Å². The number of benzene rings is 1. The lowest BCUT2D eigenvalue weighted by Crippen LogP contribution is -2.34. The van der Waals surface area contributed by atoms with Crippen LogP contribution in [0.4, 0.5) is 0 Å². The zero-order chi connectivity index (χ0) is 16.0. The number of hydroxylamine groups is 1. The quantitative estimate of drug-likeness (QED) is 0.806. The molecule has 0 radical (unpaired) electrons. The average Bonchev–Trinajstić information content (AvgIpc) is 2.99. The standard InChI is InChI=1S/C18H23NO2S/c1-18(2,3)21-19-17(20)13-15(16-10-7-11-22-16)12-14-8-5-4-6-9-14/h4-11,15H,12-13H2,1-3H3,(H,19,20). The second-order valence-corrected chi connectivity index (χ2v) is 7.33. The third kappa shape index (κ3) is 5.62. The van der Waals surface area contributed by atoms with Gasteiger partial charge in [0.1, 0.15) is 0 Å². The van der Waals surface area contributed by atoms with Crippen molar-refractivity contribution < 1.29 is 9.63 Å². The molecule has 3 nitrogen and oxygen atoms in total. The summed E-state index contributed by atoms with van der Waals surface area (Å²) in [4.78, 5) is 18.7. The molecule has 118 valence electrons. The van der Waals surface area contributed by atoms with Crippen molar-refractivity contribution in [1.29, 1.82) is 0 Å². The molecule has 0 fully saturated rings. The van der Waals surface area contributed by atoms with Crippen LogP contribution in [0, 0.1) is 0 Å². The van der Waals surface area contributed by atoms with Crippen molar-refractivity contribution in [3.05, 3.63) is 58.3 Å². The molecule has 22 heavy (non-hydrogen) atoms. The highest BCUT2D eigenvalue weighted by Gasteiger charge is 2.19. The fraction of sp³-hybridized carbons (Fsp3) is 0.389. The van der Waals surface area contributed by atoms with E-state index in [-0.39, 0.29) is 17.4 Å². The van der Waals surface area contributed by atoms with Gasteiger partial charge in [0.15, 0.2) is 0 Å². The van der Waals surface area contributed by atoms with E-state index in [0.717, 1.165) is 6.42 Å². The van der Waals surface area contributed by atoms with Gasteiger partial charge in [0.05, 0.1) is 5.60 Å². The van der Waals surface area contributed by atoms with Crippen LogP contribution >= 0.6 is 11.3 Å². The largest absolute Gasteiger partial charge is 0.273 e. The fourth-order valence-corrected chi connectivity index (χ4v) is 3.00. The molecule has 1 N–H and O–H groups in total. The number of amides is 1.